The molecular formula is C16H20N6O3. The highest BCUT2D eigenvalue weighted by Crippen LogP contribution is 2.40. The molecule has 0 unspecified atom stereocenters. The molecule has 9 heteroatoms. The molecule has 3 heterocycles. The summed E-state index contributed by atoms with van der Waals surface area (Å²) in [5.74, 6) is 1.94. The maximum absolute atomic E-state index is 12.2. The van der Waals surface area contributed by atoms with E-state index in [1.165, 1.54) is 7.11 Å². The number of carbonyl (C=O) groups is 1. The molecule has 1 aliphatic heterocycles. The maximum Gasteiger partial charge on any atom is 0.321 e. The molecule has 9 nitrogen and oxygen atoms in total. The van der Waals surface area contributed by atoms with E-state index in [4.69, 9.17) is 9.26 Å². The van der Waals surface area contributed by atoms with Crippen LogP contribution in [0.15, 0.2) is 10.6 Å². The summed E-state index contributed by atoms with van der Waals surface area (Å²) in [6.45, 7) is 2.01. The van der Waals surface area contributed by atoms with Gasteiger partial charge in [-0.1, -0.05) is 5.16 Å². The van der Waals surface area contributed by atoms with Gasteiger partial charge in [0, 0.05) is 25.1 Å². The van der Waals surface area contributed by atoms with Gasteiger partial charge in [-0.15, -0.1) is 0 Å². The Morgan fingerprint density at radius 2 is 2.12 bits per heavy atom. The molecular weight excluding hydrogens is 324 g/mol. The number of nitrogens with zero attached hydrogens (tertiary/aromatic N) is 5. The largest absolute Gasteiger partial charge is 0.467 e. The molecule has 2 aromatic rings. The molecule has 2 fully saturated rings. The second-order valence-electron chi connectivity index (χ2n) is 6.30. The van der Waals surface area contributed by atoms with E-state index in [9.17, 15) is 4.79 Å². The SMILES string of the molecule is COc1nc(CNC(=O)c2cc(C3CC3)on2)nc(N2CCCC2)n1. The molecule has 1 saturated heterocycles. The summed E-state index contributed by atoms with van der Waals surface area (Å²) in [5, 5.41) is 6.60. The third-order valence-corrected chi connectivity index (χ3v) is 4.37. The predicted octanol–water partition coefficient (Wildman–Crippen LogP) is 1.28. The summed E-state index contributed by atoms with van der Waals surface area (Å²) in [4.78, 5) is 27.2. The zero-order valence-corrected chi connectivity index (χ0v) is 14.1. The van der Waals surface area contributed by atoms with Gasteiger partial charge in [-0.2, -0.15) is 15.0 Å². The lowest BCUT2D eigenvalue weighted by Gasteiger charge is -2.16. The van der Waals surface area contributed by atoms with Gasteiger partial charge >= 0.3 is 6.01 Å². The average molecular weight is 344 g/mol. The van der Waals surface area contributed by atoms with Crippen molar-refractivity contribution in [1.82, 2.24) is 25.4 Å². The fraction of sp³-hybridized carbons (Fsp3) is 0.562. The molecule has 2 aromatic heterocycles. The summed E-state index contributed by atoms with van der Waals surface area (Å²) in [6.07, 6.45) is 4.44. The fourth-order valence-corrected chi connectivity index (χ4v) is 2.82. The topological polar surface area (TPSA) is 106 Å². The van der Waals surface area contributed by atoms with E-state index in [-0.39, 0.29) is 24.2 Å². The van der Waals surface area contributed by atoms with Gasteiger partial charge in [-0.25, -0.2) is 0 Å². The summed E-state index contributed by atoms with van der Waals surface area (Å²) in [5.41, 5.74) is 0.280. The number of aromatic nitrogens is 4. The summed E-state index contributed by atoms with van der Waals surface area (Å²) >= 11 is 0. The van der Waals surface area contributed by atoms with Crippen molar-refractivity contribution in [2.24, 2.45) is 0 Å². The average Bonchev–Trinajstić information content (AvgIpc) is 3.14. The minimum absolute atomic E-state index is 0.171. The van der Waals surface area contributed by atoms with Gasteiger partial charge < -0.3 is 19.5 Å². The van der Waals surface area contributed by atoms with Crippen molar-refractivity contribution in [3.63, 3.8) is 0 Å². The van der Waals surface area contributed by atoms with Crippen LogP contribution in [0.25, 0.3) is 0 Å². The summed E-state index contributed by atoms with van der Waals surface area (Å²) in [6, 6.07) is 1.95. The van der Waals surface area contributed by atoms with E-state index >= 15 is 0 Å². The Hall–Kier alpha value is -2.71. The standard InChI is InChI=1S/C16H20N6O3/c1-24-16-19-13(18-15(20-16)22-6-2-3-7-22)9-17-14(23)11-8-12(25-21-11)10-4-5-10/h8,10H,2-7,9H2,1H3,(H,17,23). The number of amides is 1. The Balaban J connectivity index is 1.43. The number of hydrogen-bond acceptors (Lipinski definition) is 8. The van der Waals surface area contributed by atoms with Gasteiger partial charge in [0.05, 0.1) is 13.7 Å². The number of anilines is 1. The van der Waals surface area contributed by atoms with Crippen molar-refractivity contribution in [2.75, 3.05) is 25.1 Å². The van der Waals surface area contributed by atoms with Crippen LogP contribution in [0.2, 0.25) is 0 Å². The van der Waals surface area contributed by atoms with E-state index in [1.807, 2.05) is 0 Å². The number of carbonyl (C=O) groups excluding carboxylic acids is 1. The number of nitrogens with one attached hydrogen (secondary N) is 1. The number of ether oxygens (including phenoxy) is 1. The molecule has 4 rings (SSSR count). The number of methoxy groups -OCH3 is 1. The monoisotopic (exact) mass is 344 g/mol. The Bertz CT molecular complexity index is 767. The Kier molecular flexibility index (Phi) is 4.21. The van der Waals surface area contributed by atoms with Gasteiger partial charge in [0.2, 0.25) is 5.95 Å². The lowest BCUT2D eigenvalue weighted by atomic mass is 10.3. The number of rotatable bonds is 6. The zero-order chi connectivity index (χ0) is 17.2. The molecule has 132 valence electrons. The zero-order valence-electron chi connectivity index (χ0n) is 14.1. The van der Waals surface area contributed by atoms with E-state index in [2.05, 4.69) is 30.3 Å². The molecule has 0 spiro atoms. The first-order valence-electron chi connectivity index (χ1n) is 8.51. The van der Waals surface area contributed by atoms with Gasteiger partial charge in [-0.05, 0) is 25.7 Å². The predicted molar refractivity (Wildman–Crippen MR) is 87.5 cm³/mol. The highest BCUT2D eigenvalue weighted by molar-refractivity contribution is 5.92. The maximum atomic E-state index is 12.2. The van der Waals surface area contributed by atoms with Gasteiger partial charge in [-0.3, -0.25) is 4.79 Å². The molecule has 0 aromatic carbocycles. The van der Waals surface area contributed by atoms with Crippen LogP contribution in [0, 0.1) is 0 Å². The smallest absolute Gasteiger partial charge is 0.321 e. The number of hydrogen-bond donors (Lipinski definition) is 1. The Morgan fingerprint density at radius 3 is 2.84 bits per heavy atom. The molecule has 1 N–H and O–H groups in total. The molecule has 0 atom stereocenters. The molecule has 0 radical (unpaired) electrons. The first-order chi connectivity index (χ1) is 12.2. The van der Waals surface area contributed by atoms with Crippen LogP contribution < -0.4 is 15.0 Å². The van der Waals surface area contributed by atoms with Crippen molar-refractivity contribution in [3.05, 3.63) is 23.3 Å². The van der Waals surface area contributed by atoms with Crippen LogP contribution in [-0.2, 0) is 6.54 Å². The van der Waals surface area contributed by atoms with Crippen molar-refractivity contribution < 1.29 is 14.1 Å². The van der Waals surface area contributed by atoms with E-state index in [1.54, 1.807) is 6.07 Å². The van der Waals surface area contributed by atoms with Crippen molar-refractivity contribution >= 4 is 11.9 Å². The lowest BCUT2D eigenvalue weighted by molar-refractivity contribution is 0.0940. The second kappa shape index (κ2) is 6.66. The van der Waals surface area contributed by atoms with Crippen molar-refractivity contribution in [1.29, 1.82) is 0 Å². The third-order valence-electron chi connectivity index (χ3n) is 4.37. The van der Waals surface area contributed by atoms with Crippen LogP contribution in [0.3, 0.4) is 0 Å². The second-order valence-corrected chi connectivity index (χ2v) is 6.30. The van der Waals surface area contributed by atoms with E-state index in [0.717, 1.165) is 44.5 Å². The minimum atomic E-state index is -0.308. The van der Waals surface area contributed by atoms with Crippen molar-refractivity contribution in [3.8, 4) is 6.01 Å². The molecule has 2 aliphatic rings. The van der Waals surface area contributed by atoms with Crippen LogP contribution in [-0.4, -0.2) is 46.2 Å². The highest BCUT2D eigenvalue weighted by Gasteiger charge is 2.29. The lowest BCUT2D eigenvalue weighted by Crippen LogP contribution is -2.26. The molecule has 1 saturated carbocycles. The fourth-order valence-electron chi connectivity index (χ4n) is 2.82. The quantitative estimate of drug-likeness (QED) is 0.835. The highest BCUT2D eigenvalue weighted by atomic mass is 16.5. The first-order valence-corrected chi connectivity index (χ1v) is 8.51. The minimum Gasteiger partial charge on any atom is -0.467 e. The molecule has 1 aliphatic carbocycles. The van der Waals surface area contributed by atoms with Gasteiger partial charge in [0.1, 0.15) is 5.76 Å². The molecule has 0 bridgehead atoms. The Morgan fingerprint density at radius 1 is 1.32 bits per heavy atom. The van der Waals surface area contributed by atoms with Crippen LogP contribution in [0.5, 0.6) is 6.01 Å². The summed E-state index contributed by atoms with van der Waals surface area (Å²) in [7, 11) is 1.51. The molecule has 1 amide bonds. The normalized spacial score (nSPS) is 16.9. The van der Waals surface area contributed by atoms with Crippen LogP contribution in [0.4, 0.5) is 5.95 Å². The van der Waals surface area contributed by atoms with Crippen LogP contribution in [0.1, 0.15) is 53.7 Å². The molecule has 25 heavy (non-hydrogen) atoms. The summed E-state index contributed by atoms with van der Waals surface area (Å²) < 4.78 is 10.4. The van der Waals surface area contributed by atoms with Crippen molar-refractivity contribution in [2.45, 2.75) is 38.1 Å². The van der Waals surface area contributed by atoms with E-state index in [0.29, 0.717) is 17.7 Å². The van der Waals surface area contributed by atoms with Gasteiger partial charge in [0.15, 0.2) is 11.5 Å². The van der Waals surface area contributed by atoms with Gasteiger partial charge in [0.25, 0.3) is 5.91 Å². The van der Waals surface area contributed by atoms with E-state index < -0.39 is 0 Å². The third kappa shape index (κ3) is 3.54. The van der Waals surface area contributed by atoms with Crippen LogP contribution >= 0.6 is 0 Å². The Labute approximate surface area is 144 Å². The first kappa shape index (κ1) is 15.8.